The van der Waals surface area contributed by atoms with Crippen LogP contribution in [-0.4, -0.2) is 4.98 Å². The Morgan fingerprint density at radius 3 is 2.24 bits per heavy atom. The summed E-state index contributed by atoms with van der Waals surface area (Å²) >= 11 is 0. The molecule has 0 radical (unpaired) electrons. The third kappa shape index (κ3) is 3.24. The minimum Gasteiger partial charge on any atom is -0.397 e. The zero-order valence-corrected chi connectivity index (χ0v) is 13.4. The van der Waals surface area contributed by atoms with Crippen molar-refractivity contribution < 1.29 is 0 Å². The minimum atomic E-state index is 0.461. The van der Waals surface area contributed by atoms with Crippen molar-refractivity contribution in [2.75, 3.05) is 5.73 Å². The molecule has 0 fully saturated rings. The smallest absolute Gasteiger partial charge is 0.0613 e. The van der Waals surface area contributed by atoms with Crippen LogP contribution in [0, 0.1) is 19.8 Å². The Hall–Kier alpha value is -1.87. The average Bonchev–Trinajstić information content (AvgIpc) is 2.43. The molecule has 21 heavy (non-hydrogen) atoms. The van der Waals surface area contributed by atoms with E-state index in [-0.39, 0.29) is 0 Å². The molecule has 0 amide bonds. The van der Waals surface area contributed by atoms with Gasteiger partial charge in [0.05, 0.1) is 11.4 Å². The SMILES string of the molecule is Cc1ccc(-c2c(N)c(C)nc(CC(C)C)c2CN)cc1. The van der Waals surface area contributed by atoms with Crippen LogP contribution in [0.1, 0.15) is 36.4 Å². The topological polar surface area (TPSA) is 64.9 Å². The van der Waals surface area contributed by atoms with Gasteiger partial charge in [0.1, 0.15) is 0 Å². The lowest BCUT2D eigenvalue weighted by atomic mass is 9.92. The summed E-state index contributed by atoms with van der Waals surface area (Å²) < 4.78 is 0. The quantitative estimate of drug-likeness (QED) is 0.901. The van der Waals surface area contributed by atoms with Gasteiger partial charge in [0.25, 0.3) is 0 Å². The summed E-state index contributed by atoms with van der Waals surface area (Å²) in [5.74, 6) is 0.539. The molecule has 4 N–H and O–H groups in total. The van der Waals surface area contributed by atoms with E-state index in [0.717, 1.165) is 40.2 Å². The number of benzene rings is 1. The number of aromatic nitrogens is 1. The number of nitrogens with zero attached hydrogens (tertiary/aromatic N) is 1. The van der Waals surface area contributed by atoms with Gasteiger partial charge in [-0.05, 0) is 37.3 Å². The Balaban J connectivity index is 2.67. The van der Waals surface area contributed by atoms with Gasteiger partial charge in [-0.15, -0.1) is 0 Å². The zero-order valence-electron chi connectivity index (χ0n) is 13.4. The van der Waals surface area contributed by atoms with Crippen LogP contribution in [0.5, 0.6) is 0 Å². The van der Waals surface area contributed by atoms with E-state index in [1.165, 1.54) is 5.56 Å². The first-order valence-corrected chi connectivity index (χ1v) is 7.49. The first-order chi connectivity index (χ1) is 9.93. The summed E-state index contributed by atoms with van der Waals surface area (Å²) in [5.41, 5.74) is 19.5. The van der Waals surface area contributed by atoms with Gasteiger partial charge in [-0.25, -0.2) is 0 Å². The highest BCUT2D eigenvalue weighted by atomic mass is 14.8. The van der Waals surface area contributed by atoms with Gasteiger partial charge in [-0.1, -0.05) is 43.7 Å². The lowest BCUT2D eigenvalue weighted by Crippen LogP contribution is -2.12. The maximum atomic E-state index is 6.31. The van der Waals surface area contributed by atoms with Gasteiger partial charge in [0, 0.05) is 17.8 Å². The van der Waals surface area contributed by atoms with Crippen LogP contribution in [0.15, 0.2) is 24.3 Å². The summed E-state index contributed by atoms with van der Waals surface area (Å²) in [5, 5.41) is 0. The standard InChI is InChI=1S/C18H25N3/c1-11(2)9-16-15(10-19)17(18(20)13(4)21-16)14-7-5-12(3)6-8-14/h5-8,11H,9-10,19-20H2,1-4H3. The Bertz CT molecular complexity index is 628. The third-order valence-electron chi connectivity index (χ3n) is 3.76. The van der Waals surface area contributed by atoms with Gasteiger partial charge in [0.2, 0.25) is 0 Å². The molecule has 0 unspecified atom stereocenters. The number of rotatable bonds is 4. The van der Waals surface area contributed by atoms with E-state index >= 15 is 0 Å². The predicted molar refractivity (Wildman–Crippen MR) is 90.0 cm³/mol. The molecule has 2 rings (SSSR count). The second-order valence-electron chi connectivity index (χ2n) is 6.08. The van der Waals surface area contributed by atoms with E-state index in [1.54, 1.807) is 0 Å². The van der Waals surface area contributed by atoms with E-state index in [2.05, 4.69) is 50.0 Å². The molecule has 0 saturated carbocycles. The normalized spacial score (nSPS) is 11.1. The molecule has 0 spiro atoms. The maximum Gasteiger partial charge on any atom is 0.0613 e. The molecule has 112 valence electrons. The van der Waals surface area contributed by atoms with Gasteiger partial charge < -0.3 is 11.5 Å². The highest BCUT2D eigenvalue weighted by Crippen LogP contribution is 2.34. The summed E-state index contributed by atoms with van der Waals surface area (Å²) in [4.78, 5) is 4.68. The van der Waals surface area contributed by atoms with Crippen LogP contribution in [0.4, 0.5) is 5.69 Å². The monoisotopic (exact) mass is 283 g/mol. The lowest BCUT2D eigenvalue weighted by molar-refractivity contribution is 0.629. The molecule has 0 aliphatic heterocycles. The molecule has 2 aromatic rings. The summed E-state index contributed by atoms with van der Waals surface area (Å²) in [6, 6.07) is 8.43. The second-order valence-corrected chi connectivity index (χ2v) is 6.08. The average molecular weight is 283 g/mol. The van der Waals surface area contributed by atoms with Crippen LogP contribution < -0.4 is 11.5 Å². The Morgan fingerprint density at radius 2 is 1.71 bits per heavy atom. The molecule has 0 aliphatic rings. The van der Waals surface area contributed by atoms with Crippen molar-refractivity contribution >= 4 is 5.69 Å². The van der Waals surface area contributed by atoms with Crippen LogP contribution in [0.25, 0.3) is 11.1 Å². The molecule has 0 bridgehead atoms. The first-order valence-electron chi connectivity index (χ1n) is 7.49. The zero-order chi connectivity index (χ0) is 15.6. The molecule has 3 nitrogen and oxygen atoms in total. The predicted octanol–water partition coefficient (Wildman–Crippen LogP) is 3.60. The van der Waals surface area contributed by atoms with Crippen molar-refractivity contribution in [2.45, 2.75) is 40.7 Å². The third-order valence-corrected chi connectivity index (χ3v) is 3.76. The fraction of sp³-hybridized carbons (Fsp3) is 0.389. The van der Waals surface area contributed by atoms with E-state index in [1.807, 2.05) is 6.92 Å². The molecule has 1 aromatic heterocycles. The van der Waals surface area contributed by atoms with Crippen molar-refractivity contribution in [3.63, 3.8) is 0 Å². The van der Waals surface area contributed by atoms with Crippen molar-refractivity contribution in [2.24, 2.45) is 11.7 Å². The summed E-state index contributed by atoms with van der Waals surface area (Å²) in [6.07, 6.45) is 0.923. The van der Waals surface area contributed by atoms with Crippen LogP contribution in [0.2, 0.25) is 0 Å². The number of aryl methyl sites for hydroxylation is 2. The minimum absolute atomic E-state index is 0.461. The van der Waals surface area contributed by atoms with Crippen molar-refractivity contribution in [3.05, 3.63) is 46.8 Å². The van der Waals surface area contributed by atoms with Crippen molar-refractivity contribution in [3.8, 4) is 11.1 Å². The fourth-order valence-electron chi connectivity index (χ4n) is 2.64. The van der Waals surface area contributed by atoms with Crippen molar-refractivity contribution in [1.82, 2.24) is 4.98 Å². The van der Waals surface area contributed by atoms with Gasteiger partial charge in [-0.2, -0.15) is 0 Å². The van der Waals surface area contributed by atoms with E-state index in [0.29, 0.717) is 12.5 Å². The Labute approximate surface area is 127 Å². The molecule has 0 atom stereocenters. The number of hydrogen-bond donors (Lipinski definition) is 2. The van der Waals surface area contributed by atoms with Crippen LogP contribution in [-0.2, 0) is 13.0 Å². The summed E-state index contributed by atoms with van der Waals surface area (Å²) in [6.45, 7) is 8.90. The highest BCUT2D eigenvalue weighted by Gasteiger charge is 2.17. The molecule has 0 aliphatic carbocycles. The highest BCUT2D eigenvalue weighted by molar-refractivity contribution is 5.81. The second kappa shape index (κ2) is 6.27. The summed E-state index contributed by atoms with van der Waals surface area (Å²) in [7, 11) is 0. The number of pyridine rings is 1. The van der Waals surface area contributed by atoms with Gasteiger partial charge >= 0.3 is 0 Å². The molecule has 1 aromatic carbocycles. The maximum absolute atomic E-state index is 6.31. The molecule has 1 heterocycles. The Morgan fingerprint density at radius 1 is 1.10 bits per heavy atom. The van der Waals surface area contributed by atoms with Crippen molar-refractivity contribution in [1.29, 1.82) is 0 Å². The lowest BCUT2D eigenvalue weighted by Gasteiger charge is -2.19. The number of hydrogen-bond acceptors (Lipinski definition) is 3. The van der Waals surface area contributed by atoms with Crippen LogP contribution >= 0.6 is 0 Å². The van der Waals surface area contributed by atoms with E-state index in [9.17, 15) is 0 Å². The van der Waals surface area contributed by atoms with E-state index in [4.69, 9.17) is 11.5 Å². The molecule has 0 saturated heterocycles. The molecule has 3 heteroatoms. The first kappa shape index (κ1) is 15.5. The number of anilines is 1. The number of nitrogens with two attached hydrogens (primary N) is 2. The van der Waals surface area contributed by atoms with Gasteiger partial charge in [-0.3, -0.25) is 4.98 Å². The van der Waals surface area contributed by atoms with Gasteiger partial charge in [0.15, 0.2) is 0 Å². The largest absolute Gasteiger partial charge is 0.397 e. The Kier molecular flexibility index (Phi) is 4.63. The fourth-order valence-corrected chi connectivity index (χ4v) is 2.64. The number of nitrogen functional groups attached to an aromatic ring is 1. The molecular formula is C18H25N3. The van der Waals surface area contributed by atoms with E-state index < -0.39 is 0 Å². The van der Waals surface area contributed by atoms with Crippen LogP contribution in [0.3, 0.4) is 0 Å². The molecular weight excluding hydrogens is 258 g/mol.